The van der Waals surface area contributed by atoms with E-state index >= 15 is 0 Å². The molecule has 0 radical (unpaired) electrons. The number of rotatable bonds is 2. The molecule has 0 amide bonds. The number of hydrogen-bond acceptors (Lipinski definition) is 6. The van der Waals surface area contributed by atoms with Crippen LogP contribution in [-0.2, 0) is 4.74 Å². The molecule has 0 spiro atoms. The normalized spacial score (nSPS) is 9.38. The summed E-state index contributed by atoms with van der Waals surface area (Å²) in [5, 5.41) is 0. The van der Waals surface area contributed by atoms with Crippen LogP contribution >= 0.6 is 0 Å². The molecule has 0 aliphatic rings. The zero-order valence-electron chi connectivity index (χ0n) is 7.27. The van der Waals surface area contributed by atoms with Crippen LogP contribution in [0.2, 0.25) is 0 Å². The Labute approximate surface area is 74.7 Å². The summed E-state index contributed by atoms with van der Waals surface area (Å²) in [5.41, 5.74) is 5.45. The van der Waals surface area contributed by atoms with Gasteiger partial charge in [0.1, 0.15) is 0 Å². The lowest BCUT2D eigenvalue weighted by atomic mass is 10.4. The van der Waals surface area contributed by atoms with Crippen molar-refractivity contribution in [3.63, 3.8) is 0 Å². The number of methoxy groups -OCH3 is 2. The van der Waals surface area contributed by atoms with Gasteiger partial charge in [-0.2, -0.15) is 0 Å². The molecule has 70 valence electrons. The van der Waals surface area contributed by atoms with E-state index in [1.54, 1.807) is 0 Å². The van der Waals surface area contributed by atoms with E-state index < -0.39 is 5.97 Å². The van der Waals surface area contributed by atoms with Gasteiger partial charge in [0.15, 0.2) is 11.5 Å². The number of nitrogen functional groups attached to an aromatic ring is 1. The fraction of sp³-hybridized carbons (Fsp3) is 0.286. The van der Waals surface area contributed by atoms with E-state index in [1.165, 1.54) is 20.4 Å². The van der Waals surface area contributed by atoms with E-state index in [9.17, 15) is 4.79 Å². The molecule has 1 aromatic rings. The topological polar surface area (TPSA) is 87.3 Å². The molecule has 1 heterocycles. The van der Waals surface area contributed by atoms with E-state index in [4.69, 9.17) is 10.5 Å². The first-order chi connectivity index (χ1) is 6.19. The van der Waals surface area contributed by atoms with E-state index in [-0.39, 0.29) is 17.4 Å². The lowest BCUT2D eigenvalue weighted by Crippen LogP contribution is -2.08. The largest absolute Gasteiger partial charge is 0.478 e. The maximum atomic E-state index is 11.0. The second-order valence-corrected chi connectivity index (χ2v) is 2.14. The molecule has 13 heavy (non-hydrogen) atoms. The zero-order chi connectivity index (χ0) is 9.84. The molecule has 0 fully saturated rings. The molecule has 0 aromatic carbocycles. The molecule has 0 atom stereocenters. The lowest BCUT2D eigenvalue weighted by Gasteiger charge is -2.03. The minimum Gasteiger partial charge on any atom is -0.478 e. The van der Waals surface area contributed by atoms with Crippen molar-refractivity contribution in [2.45, 2.75) is 0 Å². The van der Waals surface area contributed by atoms with Crippen molar-refractivity contribution >= 4 is 11.8 Å². The van der Waals surface area contributed by atoms with Crippen LogP contribution < -0.4 is 10.5 Å². The van der Waals surface area contributed by atoms with Crippen LogP contribution in [0.1, 0.15) is 10.5 Å². The van der Waals surface area contributed by atoms with Gasteiger partial charge >= 0.3 is 5.97 Å². The Bertz CT molecular complexity index is 327. The highest BCUT2D eigenvalue weighted by atomic mass is 16.5. The average molecular weight is 183 g/mol. The second kappa shape index (κ2) is 3.70. The molecule has 0 saturated heterocycles. The van der Waals surface area contributed by atoms with Gasteiger partial charge in [-0.3, -0.25) is 0 Å². The number of nitrogens with two attached hydrogens (primary N) is 1. The first-order valence-corrected chi connectivity index (χ1v) is 3.44. The molecule has 0 bridgehead atoms. The van der Waals surface area contributed by atoms with Crippen LogP contribution in [0, 0.1) is 0 Å². The molecule has 1 aromatic heterocycles. The SMILES string of the molecule is COC(=O)c1cnc(N)c(OC)n1. The molecular weight excluding hydrogens is 174 g/mol. The van der Waals surface area contributed by atoms with Crippen molar-refractivity contribution in [3.8, 4) is 5.88 Å². The third-order valence-electron chi connectivity index (χ3n) is 1.35. The van der Waals surface area contributed by atoms with Gasteiger partial charge in [-0.05, 0) is 0 Å². The highest BCUT2D eigenvalue weighted by Crippen LogP contribution is 2.14. The number of esters is 1. The van der Waals surface area contributed by atoms with E-state index in [1.807, 2.05) is 0 Å². The van der Waals surface area contributed by atoms with E-state index in [0.717, 1.165) is 0 Å². The smallest absolute Gasteiger partial charge is 0.358 e. The van der Waals surface area contributed by atoms with E-state index in [0.29, 0.717) is 0 Å². The average Bonchev–Trinajstić information content (AvgIpc) is 2.17. The highest BCUT2D eigenvalue weighted by Gasteiger charge is 2.11. The third-order valence-corrected chi connectivity index (χ3v) is 1.35. The Balaban J connectivity index is 3.06. The van der Waals surface area contributed by atoms with Crippen LogP contribution in [0.5, 0.6) is 5.88 Å². The summed E-state index contributed by atoms with van der Waals surface area (Å²) >= 11 is 0. The number of carbonyl (C=O) groups excluding carboxylic acids is 1. The van der Waals surface area contributed by atoms with Gasteiger partial charge in [-0.1, -0.05) is 0 Å². The summed E-state index contributed by atoms with van der Waals surface area (Å²) in [6.07, 6.45) is 1.23. The van der Waals surface area contributed by atoms with Crippen molar-refractivity contribution in [1.82, 2.24) is 9.97 Å². The van der Waals surface area contributed by atoms with Gasteiger partial charge in [0, 0.05) is 0 Å². The summed E-state index contributed by atoms with van der Waals surface area (Å²) in [4.78, 5) is 18.5. The molecule has 6 heteroatoms. The molecule has 6 nitrogen and oxygen atoms in total. The monoisotopic (exact) mass is 183 g/mol. The first kappa shape index (κ1) is 9.24. The third kappa shape index (κ3) is 1.84. The van der Waals surface area contributed by atoms with Crippen molar-refractivity contribution in [2.24, 2.45) is 0 Å². The van der Waals surface area contributed by atoms with Gasteiger partial charge in [-0.25, -0.2) is 14.8 Å². The molecule has 0 saturated carbocycles. The number of anilines is 1. The summed E-state index contributed by atoms with van der Waals surface area (Å²) < 4.78 is 9.21. The van der Waals surface area contributed by atoms with Crippen molar-refractivity contribution in [3.05, 3.63) is 11.9 Å². The summed E-state index contributed by atoms with van der Waals surface area (Å²) in [7, 11) is 2.65. The molecule has 0 unspecified atom stereocenters. The Morgan fingerprint density at radius 1 is 1.54 bits per heavy atom. The minimum absolute atomic E-state index is 0.0635. The van der Waals surface area contributed by atoms with Crippen LogP contribution in [-0.4, -0.2) is 30.2 Å². The number of nitrogens with zero attached hydrogens (tertiary/aromatic N) is 2. The van der Waals surface area contributed by atoms with Gasteiger partial charge in [0.05, 0.1) is 20.4 Å². The summed E-state index contributed by atoms with van der Waals surface area (Å²) in [6, 6.07) is 0. The van der Waals surface area contributed by atoms with Crippen LogP contribution in [0.3, 0.4) is 0 Å². The second-order valence-electron chi connectivity index (χ2n) is 2.14. The number of hydrogen-bond donors (Lipinski definition) is 1. The van der Waals surface area contributed by atoms with Crippen LogP contribution in [0.25, 0.3) is 0 Å². The van der Waals surface area contributed by atoms with Gasteiger partial charge in [0.25, 0.3) is 5.88 Å². The summed E-state index contributed by atoms with van der Waals surface area (Å²) in [5.74, 6) is -0.330. The van der Waals surface area contributed by atoms with Crippen molar-refractivity contribution < 1.29 is 14.3 Å². The molecular formula is C7H9N3O3. The molecule has 1 rings (SSSR count). The van der Waals surface area contributed by atoms with Crippen molar-refractivity contribution in [2.75, 3.05) is 20.0 Å². The minimum atomic E-state index is -0.578. The molecule has 0 aliphatic carbocycles. The number of ether oxygens (including phenoxy) is 2. The number of carbonyl (C=O) groups is 1. The summed E-state index contributed by atoms with van der Waals surface area (Å²) in [6.45, 7) is 0. The Morgan fingerprint density at radius 2 is 2.23 bits per heavy atom. The van der Waals surface area contributed by atoms with E-state index in [2.05, 4.69) is 14.7 Å². The highest BCUT2D eigenvalue weighted by molar-refractivity contribution is 5.87. The molecule has 2 N–H and O–H groups in total. The fourth-order valence-electron chi connectivity index (χ4n) is 0.735. The molecule has 0 aliphatic heterocycles. The lowest BCUT2D eigenvalue weighted by molar-refractivity contribution is 0.0592. The zero-order valence-corrected chi connectivity index (χ0v) is 7.27. The maximum Gasteiger partial charge on any atom is 0.358 e. The van der Waals surface area contributed by atoms with Gasteiger partial charge < -0.3 is 15.2 Å². The maximum absolute atomic E-state index is 11.0. The van der Waals surface area contributed by atoms with Crippen LogP contribution in [0.4, 0.5) is 5.82 Å². The predicted molar refractivity (Wildman–Crippen MR) is 44.3 cm³/mol. The number of aromatic nitrogens is 2. The van der Waals surface area contributed by atoms with Crippen molar-refractivity contribution in [1.29, 1.82) is 0 Å². The predicted octanol–water partition coefficient (Wildman–Crippen LogP) is -0.146. The first-order valence-electron chi connectivity index (χ1n) is 3.44. The Hall–Kier alpha value is -1.85. The van der Waals surface area contributed by atoms with Gasteiger partial charge in [0.2, 0.25) is 0 Å². The Morgan fingerprint density at radius 3 is 2.77 bits per heavy atom. The standard InChI is InChI=1S/C7H9N3O3/c1-12-6-5(8)9-3-4(10-6)7(11)13-2/h3H,1-2H3,(H2,8,9). The van der Waals surface area contributed by atoms with Gasteiger partial charge in [-0.15, -0.1) is 0 Å². The Kier molecular flexibility index (Phi) is 2.63. The quantitative estimate of drug-likeness (QED) is 0.642. The fourth-order valence-corrected chi connectivity index (χ4v) is 0.735. The van der Waals surface area contributed by atoms with Crippen LogP contribution in [0.15, 0.2) is 6.20 Å².